The first-order valence-electron chi connectivity index (χ1n) is 12.6. The molecule has 12 nitrogen and oxygen atoms in total. The van der Waals surface area contributed by atoms with Crippen LogP contribution in [0.5, 0.6) is 0 Å². The molecule has 0 fully saturated rings. The Morgan fingerprint density at radius 2 is 1.90 bits per heavy atom. The summed E-state index contributed by atoms with van der Waals surface area (Å²) in [6.07, 6.45) is -0.208. The molecule has 0 radical (unpaired) electrons. The summed E-state index contributed by atoms with van der Waals surface area (Å²) in [7, 11) is 0. The Labute approximate surface area is 233 Å². The number of aromatic amines is 1. The molecule has 0 saturated heterocycles. The lowest BCUT2D eigenvalue weighted by atomic mass is 9.86. The Hall–Kier alpha value is -4.37. The molecule has 0 unspecified atom stereocenters. The maximum absolute atomic E-state index is 12.9. The third kappa shape index (κ3) is 5.24. The van der Waals surface area contributed by atoms with E-state index in [-0.39, 0.29) is 60.5 Å². The van der Waals surface area contributed by atoms with E-state index in [9.17, 15) is 24.4 Å². The van der Waals surface area contributed by atoms with E-state index in [0.29, 0.717) is 46.9 Å². The Morgan fingerprint density at radius 3 is 2.60 bits per heavy atom. The largest absolute Gasteiger partial charge is 0.445 e. The van der Waals surface area contributed by atoms with E-state index < -0.39 is 17.4 Å². The van der Waals surface area contributed by atoms with E-state index in [0.717, 1.165) is 0 Å². The van der Waals surface area contributed by atoms with Gasteiger partial charge in [-0.25, -0.2) is 9.78 Å². The van der Waals surface area contributed by atoms with Crippen molar-refractivity contribution < 1.29 is 28.1 Å². The van der Waals surface area contributed by atoms with Gasteiger partial charge in [0.15, 0.2) is 5.76 Å². The molecule has 2 aliphatic heterocycles. The number of fused-ring (bicyclic) bond motifs is 2. The van der Waals surface area contributed by atoms with E-state index in [1.807, 2.05) is 26.8 Å². The summed E-state index contributed by atoms with van der Waals surface area (Å²) in [5.41, 5.74) is 1.43. The average Bonchev–Trinajstić information content (AvgIpc) is 3.60. The number of nitrogens with one attached hydrogen (secondary N) is 1. The lowest BCUT2D eigenvalue weighted by molar-refractivity contribution is -0.125. The van der Waals surface area contributed by atoms with Crippen LogP contribution in [-0.2, 0) is 48.6 Å². The molecule has 5 rings (SSSR count). The molecule has 3 aromatic rings. The van der Waals surface area contributed by atoms with Crippen molar-refractivity contribution in [1.82, 2.24) is 19.9 Å². The molecule has 1 aromatic carbocycles. The third-order valence-corrected chi connectivity index (χ3v) is 7.29. The zero-order valence-corrected chi connectivity index (χ0v) is 22.9. The van der Waals surface area contributed by atoms with E-state index in [1.54, 1.807) is 6.07 Å². The first-order valence-corrected chi connectivity index (χ1v) is 13.0. The summed E-state index contributed by atoms with van der Waals surface area (Å²) in [6.45, 7) is 5.87. The zero-order chi connectivity index (χ0) is 28.8. The predicted molar refractivity (Wildman–Crippen MR) is 138 cm³/mol. The molecule has 13 heteroatoms. The van der Waals surface area contributed by atoms with E-state index in [1.165, 1.54) is 15.9 Å². The summed E-state index contributed by atoms with van der Waals surface area (Å²) < 4.78 is 16.3. The number of carbonyl (C=O) groups excluding carboxylic acids is 3. The fourth-order valence-electron chi connectivity index (χ4n) is 4.52. The van der Waals surface area contributed by atoms with Crippen LogP contribution in [0.4, 0.5) is 4.79 Å². The first-order chi connectivity index (χ1) is 18.9. The number of Topliss-reactive ketones (excluding diaryl/α,β-unsaturated/α-hetero) is 1. The molecule has 0 bridgehead atoms. The Balaban J connectivity index is 1.22. The highest BCUT2D eigenvalue weighted by atomic mass is 35.5. The van der Waals surface area contributed by atoms with Gasteiger partial charge in [-0.15, -0.1) is 0 Å². The van der Waals surface area contributed by atoms with Gasteiger partial charge in [-0.05, 0) is 29.7 Å². The number of hydrogen-bond acceptors (Lipinski definition) is 9. The van der Waals surface area contributed by atoms with Gasteiger partial charge in [0.1, 0.15) is 29.9 Å². The van der Waals surface area contributed by atoms with Crippen LogP contribution in [0, 0.1) is 16.7 Å². The number of aromatic nitrogens is 2. The number of benzene rings is 1. The molecule has 1 N–H and O–H groups in total. The second-order valence-corrected chi connectivity index (χ2v) is 11.2. The topological polar surface area (TPSA) is 163 Å². The number of halogens is 1. The highest BCUT2D eigenvalue weighted by molar-refractivity contribution is 6.31. The molecule has 2 aliphatic rings. The first kappa shape index (κ1) is 27.2. The third-order valence-electron chi connectivity index (χ3n) is 6.97. The molecule has 0 spiro atoms. The number of ketones is 1. The van der Waals surface area contributed by atoms with Crippen LogP contribution in [0.2, 0.25) is 5.02 Å². The maximum Gasteiger partial charge on any atom is 0.410 e. The van der Waals surface area contributed by atoms with Gasteiger partial charge in [-0.1, -0.05) is 32.4 Å². The number of nitrogens with zero attached hydrogens (tertiary/aromatic N) is 4. The molecular weight excluding hydrogens is 542 g/mol. The van der Waals surface area contributed by atoms with Crippen molar-refractivity contribution >= 4 is 29.4 Å². The van der Waals surface area contributed by atoms with Gasteiger partial charge in [0, 0.05) is 18.4 Å². The fraction of sp³-hybridized carbons (Fsp3) is 0.407. The second-order valence-electron chi connectivity index (χ2n) is 10.8. The zero-order valence-electron chi connectivity index (χ0n) is 22.1. The lowest BCUT2D eigenvalue weighted by Gasteiger charge is -2.23. The second kappa shape index (κ2) is 10.3. The average molecular weight is 568 g/mol. The Kier molecular flexibility index (Phi) is 7.01. The molecule has 0 aliphatic carbocycles. The maximum atomic E-state index is 12.9. The number of oxazole rings is 1. The fourth-order valence-corrected chi connectivity index (χ4v) is 4.75. The molecule has 40 heavy (non-hydrogen) atoms. The minimum Gasteiger partial charge on any atom is -0.445 e. The van der Waals surface area contributed by atoms with Crippen LogP contribution in [0.15, 0.2) is 25.9 Å². The standard InChI is InChI=1S/C27H26ClN5O7/c1-27(2,3)22(34)8-14-6-15(9-29)18(28)7-16(14)13-38-26(37)33-10-19-21(12-33)39-24(30-19)25(36)32-5-4-17-20(11-32)40-31-23(17)35/h6-7H,4-5,8,10-13H2,1-3H3,(H,31,35). The van der Waals surface area contributed by atoms with Crippen molar-refractivity contribution in [3.63, 3.8) is 0 Å². The lowest BCUT2D eigenvalue weighted by Crippen LogP contribution is -2.37. The number of nitriles is 1. The van der Waals surface area contributed by atoms with Crippen molar-refractivity contribution in [2.45, 2.75) is 59.9 Å². The van der Waals surface area contributed by atoms with Crippen LogP contribution in [0.1, 0.15) is 70.9 Å². The molecule has 0 saturated carbocycles. The minimum atomic E-state index is -0.638. The van der Waals surface area contributed by atoms with Crippen molar-refractivity contribution in [3.05, 3.63) is 72.9 Å². The van der Waals surface area contributed by atoms with Gasteiger partial charge in [0.25, 0.3) is 11.4 Å². The molecule has 2 aromatic heterocycles. The van der Waals surface area contributed by atoms with Crippen molar-refractivity contribution in [2.24, 2.45) is 5.41 Å². The SMILES string of the molecule is CC(C)(C)C(=O)Cc1cc(C#N)c(Cl)cc1COC(=O)N1Cc2nc(C(=O)N3CCc4c(o[nH]c4=O)C3)oc2C1. The molecular formula is C27H26ClN5O7. The Morgan fingerprint density at radius 1 is 1.15 bits per heavy atom. The molecule has 4 heterocycles. The van der Waals surface area contributed by atoms with Crippen LogP contribution >= 0.6 is 11.6 Å². The number of carbonyl (C=O) groups is 3. The number of H-pyrrole nitrogens is 1. The molecule has 208 valence electrons. The highest BCUT2D eigenvalue weighted by Gasteiger charge is 2.34. The summed E-state index contributed by atoms with van der Waals surface area (Å²) in [5, 5.41) is 11.8. The number of hydrogen-bond donors (Lipinski definition) is 1. The van der Waals surface area contributed by atoms with Gasteiger partial charge >= 0.3 is 12.0 Å². The van der Waals surface area contributed by atoms with E-state index in [4.69, 9.17) is 25.3 Å². The van der Waals surface area contributed by atoms with Gasteiger partial charge in [-0.2, -0.15) is 10.4 Å². The van der Waals surface area contributed by atoms with Crippen molar-refractivity contribution in [3.8, 4) is 6.07 Å². The number of ether oxygens (including phenoxy) is 1. The van der Waals surface area contributed by atoms with Crippen LogP contribution < -0.4 is 5.56 Å². The molecule has 0 atom stereocenters. The smallest absolute Gasteiger partial charge is 0.410 e. The van der Waals surface area contributed by atoms with E-state index >= 15 is 0 Å². The Bertz CT molecular complexity index is 1600. The van der Waals surface area contributed by atoms with Crippen molar-refractivity contribution in [1.29, 1.82) is 5.26 Å². The summed E-state index contributed by atoms with van der Waals surface area (Å²) in [5.74, 6) is 0.221. The summed E-state index contributed by atoms with van der Waals surface area (Å²) in [4.78, 5) is 57.3. The van der Waals surface area contributed by atoms with Crippen molar-refractivity contribution in [2.75, 3.05) is 6.54 Å². The van der Waals surface area contributed by atoms with Gasteiger partial charge in [-0.3, -0.25) is 19.3 Å². The van der Waals surface area contributed by atoms with Gasteiger partial charge in [0.2, 0.25) is 0 Å². The van der Waals surface area contributed by atoms with E-state index in [2.05, 4.69) is 10.1 Å². The minimum absolute atomic E-state index is 0.0329. The monoisotopic (exact) mass is 567 g/mol. The van der Waals surface area contributed by atoms with Gasteiger partial charge in [0.05, 0.1) is 35.8 Å². The van der Waals surface area contributed by atoms with Crippen LogP contribution in [-0.4, -0.2) is 44.3 Å². The predicted octanol–water partition coefficient (Wildman–Crippen LogP) is 3.49. The summed E-state index contributed by atoms with van der Waals surface area (Å²) in [6, 6.07) is 5.09. The molecule has 2 amide bonds. The van der Waals surface area contributed by atoms with Gasteiger partial charge < -0.3 is 18.6 Å². The normalized spacial score (nSPS) is 14.5. The quantitative estimate of drug-likeness (QED) is 0.486. The number of rotatable bonds is 5. The van der Waals surface area contributed by atoms with Crippen LogP contribution in [0.3, 0.4) is 0 Å². The number of amides is 2. The van der Waals surface area contributed by atoms with Crippen LogP contribution in [0.25, 0.3) is 0 Å². The summed E-state index contributed by atoms with van der Waals surface area (Å²) >= 11 is 6.21. The highest BCUT2D eigenvalue weighted by Crippen LogP contribution is 2.28.